The molecule has 0 aliphatic rings. The van der Waals surface area contributed by atoms with Gasteiger partial charge in [0.15, 0.2) is 0 Å². The number of nitrogens with one attached hydrogen (secondary N) is 1. The van der Waals surface area contributed by atoms with E-state index in [1.54, 1.807) is 0 Å². The number of hydrogen-bond acceptors (Lipinski definition) is 3. The number of pyridine rings is 1. The van der Waals surface area contributed by atoms with E-state index >= 15 is 0 Å². The number of carboxylic acids is 1. The van der Waals surface area contributed by atoms with Gasteiger partial charge < -0.3 is 10.1 Å². The lowest BCUT2D eigenvalue weighted by molar-refractivity contribution is 0.0690. The van der Waals surface area contributed by atoms with Gasteiger partial charge in [0.05, 0.1) is 11.6 Å². The molecule has 0 amide bonds. The molecule has 0 saturated carbocycles. The number of carboxylic acid groups (broad SMARTS) is 1. The predicted molar refractivity (Wildman–Crippen MR) is 43.3 cm³/mol. The normalized spacial score (nSPS) is 8.92. The highest BCUT2D eigenvalue weighted by molar-refractivity contribution is 7.71. The second kappa shape index (κ2) is 3.15. The van der Waals surface area contributed by atoms with E-state index in [1.807, 2.05) is 6.07 Å². The van der Waals surface area contributed by atoms with Crippen molar-refractivity contribution in [2.75, 3.05) is 0 Å². The van der Waals surface area contributed by atoms with Crippen LogP contribution in [0, 0.1) is 16.0 Å². The van der Waals surface area contributed by atoms with E-state index in [2.05, 4.69) is 4.98 Å². The number of nitriles is 1. The fraction of sp³-hybridized carbons (Fsp3) is 0. The van der Waals surface area contributed by atoms with Crippen molar-refractivity contribution in [2.24, 2.45) is 0 Å². The average molecular weight is 180 g/mol. The van der Waals surface area contributed by atoms with Crippen LogP contribution < -0.4 is 0 Å². The largest absolute Gasteiger partial charge is 0.477 e. The van der Waals surface area contributed by atoms with Crippen LogP contribution in [0.3, 0.4) is 0 Å². The molecule has 0 saturated heterocycles. The van der Waals surface area contributed by atoms with Crippen molar-refractivity contribution in [3.63, 3.8) is 0 Å². The van der Waals surface area contributed by atoms with Gasteiger partial charge in [-0.1, -0.05) is 12.2 Å². The van der Waals surface area contributed by atoms with Crippen LogP contribution in [0.5, 0.6) is 0 Å². The number of nitrogens with zero attached hydrogens (tertiary/aromatic N) is 1. The van der Waals surface area contributed by atoms with Crippen LogP contribution >= 0.6 is 12.2 Å². The minimum absolute atomic E-state index is 0.0703. The molecule has 12 heavy (non-hydrogen) atoms. The van der Waals surface area contributed by atoms with Crippen molar-refractivity contribution >= 4 is 18.2 Å². The van der Waals surface area contributed by atoms with Gasteiger partial charge >= 0.3 is 5.97 Å². The lowest BCUT2D eigenvalue weighted by atomic mass is 10.2. The van der Waals surface area contributed by atoms with Crippen LogP contribution in [0.25, 0.3) is 0 Å². The SMILES string of the molecule is N#Cc1cc(C(=O)O)[nH]c(=S)c1. The fourth-order valence-electron chi connectivity index (χ4n) is 0.723. The third-order valence-electron chi connectivity index (χ3n) is 1.20. The predicted octanol–water partition coefficient (Wildman–Crippen LogP) is 1.31. The third kappa shape index (κ3) is 1.68. The van der Waals surface area contributed by atoms with E-state index in [4.69, 9.17) is 22.6 Å². The number of rotatable bonds is 1. The second-order valence-electron chi connectivity index (χ2n) is 2.06. The zero-order valence-corrected chi connectivity index (χ0v) is 6.68. The van der Waals surface area contributed by atoms with Gasteiger partial charge in [0.1, 0.15) is 10.3 Å². The highest BCUT2D eigenvalue weighted by Gasteiger charge is 2.03. The van der Waals surface area contributed by atoms with Crippen molar-refractivity contribution in [2.45, 2.75) is 0 Å². The summed E-state index contributed by atoms with van der Waals surface area (Å²) in [6.07, 6.45) is 0. The minimum atomic E-state index is -1.13. The van der Waals surface area contributed by atoms with Crippen molar-refractivity contribution in [3.8, 4) is 6.07 Å². The Kier molecular flexibility index (Phi) is 2.21. The molecular weight excluding hydrogens is 176 g/mol. The number of aromatic nitrogens is 1. The number of aromatic carboxylic acids is 1. The summed E-state index contributed by atoms with van der Waals surface area (Å²) >= 11 is 4.70. The highest BCUT2D eigenvalue weighted by Crippen LogP contribution is 2.01. The number of aromatic amines is 1. The van der Waals surface area contributed by atoms with Gasteiger partial charge in [-0.15, -0.1) is 0 Å². The van der Waals surface area contributed by atoms with Gasteiger partial charge in [-0.3, -0.25) is 0 Å². The maximum Gasteiger partial charge on any atom is 0.352 e. The van der Waals surface area contributed by atoms with E-state index in [1.165, 1.54) is 12.1 Å². The molecule has 2 N–H and O–H groups in total. The molecule has 5 heteroatoms. The Morgan fingerprint density at radius 1 is 1.67 bits per heavy atom. The molecule has 60 valence electrons. The quantitative estimate of drug-likeness (QED) is 0.639. The molecule has 0 atom stereocenters. The van der Waals surface area contributed by atoms with Crippen LogP contribution in [0.4, 0.5) is 0 Å². The lowest BCUT2D eigenvalue weighted by Gasteiger charge is -1.94. The molecule has 0 aliphatic carbocycles. The number of hydrogen-bond donors (Lipinski definition) is 2. The zero-order valence-electron chi connectivity index (χ0n) is 5.87. The maximum absolute atomic E-state index is 10.4. The summed E-state index contributed by atoms with van der Waals surface area (Å²) in [5.74, 6) is -1.13. The molecule has 1 rings (SSSR count). The fourth-order valence-corrected chi connectivity index (χ4v) is 0.960. The Hall–Kier alpha value is -1.67. The van der Waals surface area contributed by atoms with Gasteiger partial charge in [-0.25, -0.2) is 4.79 Å². The minimum Gasteiger partial charge on any atom is -0.477 e. The topological polar surface area (TPSA) is 76.9 Å². The first-order valence-electron chi connectivity index (χ1n) is 3.01. The average Bonchev–Trinajstić information content (AvgIpc) is 2.03. The van der Waals surface area contributed by atoms with E-state index < -0.39 is 5.97 Å². The molecule has 0 radical (unpaired) electrons. The van der Waals surface area contributed by atoms with E-state index in [0.29, 0.717) is 0 Å². The summed E-state index contributed by atoms with van der Waals surface area (Å²) in [5, 5.41) is 17.0. The van der Waals surface area contributed by atoms with Crippen molar-refractivity contribution in [1.82, 2.24) is 4.98 Å². The summed E-state index contributed by atoms with van der Waals surface area (Å²) < 4.78 is 0.242. The van der Waals surface area contributed by atoms with Gasteiger partial charge in [0, 0.05) is 0 Å². The van der Waals surface area contributed by atoms with Gasteiger partial charge in [-0.2, -0.15) is 5.26 Å². The molecule has 4 nitrogen and oxygen atoms in total. The van der Waals surface area contributed by atoms with Crippen molar-refractivity contribution < 1.29 is 9.90 Å². The standard InChI is InChI=1S/C7H4N2O2S/c8-3-4-1-5(7(10)11)9-6(12)2-4/h1-2H,(H,9,12)(H,10,11). The Morgan fingerprint density at radius 2 is 2.33 bits per heavy atom. The van der Waals surface area contributed by atoms with E-state index in [9.17, 15) is 4.79 Å². The first kappa shape index (κ1) is 8.43. The summed E-state index contributed by atoms with van der Waals surface area (Å²) in [5.41, 5.74) is 0.176. The summed E-state index contributed by atoms with van der Waals surface area (Å²) in [7, 11) is 0. The van der Waals surface area contributed by atoms with Crippen LogP contribution in [-0.4, -0.2) is 16.1 Å². The Morgan fingerprint density at radius 3 is 2.83 bits per heavy atom. The smallest absolute Gasteiger partial charge is 0.352 e. The van der Waals surface area contributed by atoms with Gasteiger partial charge in [0.2, 0.25) is 0 Å². The van der Waals surface area contributed by atoms with Crippen molar-refractivity contribution in [3.05, 3.63) is 28.0 Å². The van der Waals surface area contributed by atoms with Gasteiger partial charge in [-0.05, 0) is 12.1 Å². The molecule has 0 aliphatic heterocycles. The van der Waals surface area contributed by atoms with E-state index in [0.717, 1.165) is 0 Å². The van der Waals surface area contributed by atoms with Crippen LogP contribution in [-0.2, 0) is 0 Å². The third-order valence-corrected chi connectivity index (χ3v) is 1.42. The molecule has 1 aromatic heterocycles. The Balaban J connectivity index is 3.36. The molecule has 0 spiro atoms. The molecule has 1 heterocycles. The monoisotopic (exact) mass is 180 g/mol. The summed E-state index contributed by atoms with van der Waals surface area (Å²) in [4.78, 5) is 12.9. The van der Waals surface area contributed by atoms with E-state index in [-0.39, 0.29) is 15.9 Å². The molecular formula is C7H4N2O2S. The van der Waals surface area contributed by atoms with Crippen LogP contribution in [0.1, 0.15) is 16.1 Å². The molecule has 0 fully saturated rings. The zero-order chi connectivity index (χ0) is 9.14. The maximum atomic E-state index is 10.4. The molecule has 0 unspecified atom stereocenters. The first-order valence-corrected chi connectivity index (χ1v) is 3.42. The highest BCUT2D eigenvalue weighted by atomic mass is 32.1. The van der Waals surface area contributed by atoms with Crippen LogP contribution in [0.2, 0.25) is 0 Å². The molecule has 0 bridgehead atoms. The van der Waals surface area contributed by atoms with Crippen LogP contribution in [0.15, 0.2) is 12.1 Å². The second-order valence-corrected chi connectivity index (χ2v) is 2.50. The first-order chi connectivity index (χ1) is 5.63. The number of H-pyrrole nitrogens is 1. The Labute approximate surface area is 73.1 Å². The Bertz CT molecular complexity index is 416. The van der Waals surface area contributed by atoms with Crippen molar-refractivity contribution in [1.29, 1.82) is 5.26 Å². The summed E-state index contributed by atoms with van der Waals surface area (Å²) in [6, 6.07) is 4.45. The number of carbonyl (C=O) groups is 1. The lowest BCUT2D eigenvalue weighted by Crippen LogP contribution is -2.00. The molecule has 1 aromatic rings. The molecule has 0 aromatic carbocycles. The van der Waals surface area contributed by atoms with Gasteiger partial charge in [0.25, 0.3) is 0 Å². The summed E-state index contributed by atoms with van der Waals surface area (Å²) in [6.45, 7) is 0.